The van der Waals surface area contributed by atoms with Crippen LogP contribution >= 0.6 is 0 Å². The Kier molecular flexibility index (Phi) is 4.12. The zero-order chi connectivity index (χ0) is 16.5. The normalized spacial score (nSPS) is 20.5. The smallest absolute Gasteiger partial charge is 0.251 e. The Morgan fingerprint density at radius 1 is 1.17 bits per heavy atom. The number of hydrogen-bond acceptors (Lipinski definition) is 4. The Bertz CT molecular complexity index is 592. The Labute approximate surface area is 135 Å². The van der Waals surface area contributed by atoms with Gasteiger partial charge in [-0.3, -0.25) is 9.59 Å². The first kappa shape index (κ1) is 16.0. The van der Waals surface area contributed by atoms with E-state index in [-0.39, 0.29) is 24.0 Å². The molecule has 1 saturated heterocycles. The van der Waals surface area contributed by atoms with Gasteiger partial charge in [0.25, 0.3) is 5.91 Å². The van der Waals surface area contributed by atoms with Gasteiger partial charge in [-0.05, 0) is 25.0 Å². The summed E-state index contributed by atoms with van der Waals surface area (Å²) in [5.41, 5.74) is -0.264. The fourth-order valence-electron chi connectivity index (χ4n) is 3.35. The first-order chi connectivity index (χ1) is 11.1. The van der Waals surface area contributed by atoms with Crippen molar-refractivity contribution in [2.24, 2.45) is 0 Å². The van der Waals surface area contributed by atoms with Gasteiger partial charge in [-0.2, -0.15) is 0 Å². The van der Waals surface area contributed by atoms with E-state index >= 15 is 0 Å². The van der Waals surface area contributed by atoms with Crippen LogP contribution in [-0.4, -0.2) is 61.8 Å². The Morgan fingerprint density at radius 3 is 2.35 bits per heavy atom. The summed E-state index contributed by atoms with van der Waals surface area (Å²) in [6, 6.07) is 9.10. The molecule has 6 nitrogen and oxygen atoms in total. The minimum atomic E-state index is -0.516. The molecule has 1 aromatic carbocycles. The number of likely N-dealkylation sites (tertiary alicyclic amines) is 1. The Hall–Kier alpha value is -1.92. The largest absolute Gasteiger partial charge is 0.376 e. The predicted octanol–water partition coefficient (Wildman–Crippen LogP) is 0.823. The van der Waals surface area contributed by atoms with Gasteiger partial charge in [-0.25, -0.2) is 0 Å². The maximum atomic E-state index is 12.6. The molecular formula is C17H22N2O4. The van der Waals surface area contributed by atoms with Crippen LogP contribution in [0.5, 0.6) is 0 Å². The van der Waals surface area contributed by atoms with Gasteiger partial charge in [0, 0.05) is 32.9 Å². The lowest BCUT2D eigenvalue weighted by Crippen LogP contribution is -2.77. The van der Waals surface area contributed by atoms with E-state index in [0.29, 0.717) is 18.7 Å². The highest BCUT2D eigenvalue weighted by atomic mass is 16.5. The van der Waals surface area contributed by atoms with Crippen LogP contribution in [0.2, 0.25) is 0 Å². The summed E-state index contributed by atoms with van der Waals surface area (Å²) >= 11 is 0. The molecule has 1 saturated carbocycles. The zero-order valence-electron chi connectivity index (χ0n) is 13.5. The van der Waals surface area contributed by atoms with E-state index in [1.165, 1.54) is 7.11 Å². The summed E-state index contributed by atoms with van der Waals surface area (Å²) in [7, 11) is 3.17. The molecule has 0 spiro atoms. The average molecular weight is 318 g/mol. The van der Waals surface area contributed by atoms with Gasteiger partial charge < -0.3 is 19.7 Å². The summed E-state index contributed by atoms with van der Waals surface area (Å²) in [5.74, 6) is -0.197. The number of hydrogen-bond donors (Lipinski definition) is 1. The maximum Gasteiger partial charge on any atom is 0.251 e. The van der Waals surface area contributed by atoms with Crippen LogP contribution in [-0.2, 0) is 14.3 Å². The van der Waals surface area contributed by atoms with E-state index in [0.717, 1.165) is 12.8 Å². The molecule has 1 aromatic rings. The van der Waals surface area contributed by atoms with Gasteiger partial charge in [0.2, 0.25) is 5.91 Å². The van der Waals surface area contributed by atoms with Crippen LogP contribution in [0.15, 0.2) is 30.3 Å². The lowest BCUT2D eigenvalue weighted by Gasteiger charge is -2.54. The van der Waals surface area contributed by atoms with Crippen LogP contribution in [0.25, 0.3) is 0 Å². The number of benzene rings is 1. The standard InChI is InChI=1S/C17H22N2O4/c1-22-10-14(20)19-11-16(12-19,17(23-2)8-9-17)18-15(21)13-6-4-3-5-7-13/h3-7H,8-12H2,1-2H3,(H,18,21). The van der Waals surface area contributed by atoms with Gasteiger partial charge >= 0.3 is 0 Å². The van der Waals surface area contributed by atoms with Crippen molar-refractivity contribution in [1.29, 1.82) is 0 Å². The van der Waals surface area contributed by atoms with Crippen molar-refractivity contribution in [2.75, 3.05) is 33.9 Å². The van der Waals surface area contributed by atoms with Crippen molar-refractivity contribution in [3.05, 3.63) is 35.9 Å². The van der Waals surface area contributed by atoms with Gasteiger partial charge in [0.05, 0.1) is 5.60 Å². The molecule has 1 N–H and O–H groups in total. The molecule has 0 radical (unpaired) electrons. The molecule has 1 heterocycles. The molecule has 23 heavy (non-hydrogen) atoms. The average Bonchev–Trinajstić information content (AvgIpc) is 3.32. The van der Waals surface area contributed by atoms with Crippen molar-refractivity contribution in [2.45, 2.75) is 24.0 Å². The van der Waals surface area contributed by atoms with Crippen LogP contribution in [0.4, 0.5) is 0 Å². The quantitative estimate of drug-likeness (QED) is 0.843. The summed E-state index contributed by atoms with van der Waals surface area (Å²) in [4.78, 5) is 26.2. The maximum absolute atomic E-state index is 12.6. The number of methoxy groups -OCH3 is 2. The summed E-state index contributed by atoms with van der Waals surface area (Å²) < 4.78 is 10.6. The molecule has 2 fully saturated rings. The number of rotatable bonds is 6. The van der Waals surface area contributed by atoms with Crippen molar-refractivity contribution in [1.82, 2.24) is 10.2 Å². The van der Waals surface area contributed by atoms with E-state index in [1.54, 1.807) is 24.1 Å². The zero-order valence-corrected chi connectivity index (χ0v) is 13.5. The third-order valence-corrected chi connectivity index (χ3v) is 4.90. The van der Waals surface area contributed by atoms with Crippen molar-refractivity contribution < 1.29 is 19.1 Å². The van der Waals surface area contributed by atoms with E-state index in [4.69, 9.17) is 9.47 Å². The highest BCUT2D eigenvalue weighted by molar-refractivity contribution is 5.95. The highest BCUT2D eigenvalue weighted by Gasteiger charge is 2.66. The molecule has 6 heteroatoms. The van der Waals surface area contributed by atoms with Crippen LogP contribution in [0, 0.1) is 0 Å². The molecular weight excluding hydrogens is 296 g/mol. The van der Waals surface area contributed by atoms with Crippen LogP contribution < -0.4 is 5.32 Å². The highest BCUT2D eigenvalue weighted by Crippen LogP contribution is 2.51. The molecule has 2 amide bonds. The van der Waals surface area contributed by atoms with Crippen LogP contribution in [0.3, 0.4) is 0 Å². The monoisotopic (exact) mass is 318 g/mol. The van der Waals surface area contributed by atoms with Crippen LogP contribution in [0.1, 0.15) is 23.2 Å². The lowest BCUT2D eigenvalue weighted by atomic mass is 9.81. The number of amides is 2. The minimum absolute atomic E-state index is 0.0582. The summed E-state index contributed by atoms with van der Waals surface area (Å²) in [5, 5.41) is 3.13. The predicted molar refractivity (Wildman–Crippen MR) is 84.1 cm³/mol. The number of nitrogens with one attached hydrogen (secondary N) is 1. The third kappa shape index (κ3) is 2.72. The molecule has 1 aliphatic carbocycles. The Balaban J connectivity index is 1.74. The molecule has 0 aromatic heterocycles. The number of nitrogens with zero attached hydrogens (tertiary/aromatic N) is 1. The molecule has 0 unspecified atom stereocenters. The van der Waals surface area contributed by atoms with Crippen molar-refractivity contribution in [3.8, 4) is 0 Å². The van der Waals surface area contributed by atoms with E-state index in [9.17, 15) is 9.59 Å². The van der Waals surface area contributed by atoms with E-state index < -0.39 is 5.54 Å². The van der Waals surface area contributed by atoms with E-state index in [1.807, 2.05) is 18.2 Å². The fourth-order valence-corrected chi connectivity index (χ4v) is 3.35. The lowest BCUT2D eigenvalue weighted by molar-refractivity contribution is -0.151. The molecule has 3 rings (SSSR count). The second-order valence-electron chi connectivity index (χ2n) is 6.28. The van der Waals surface area contributed by atoms with Gasteiger partial charge in [-0.1, -0.05) is 18.2 Å². The first-order valence-corrected chi connectivity index (χ1v) is 7.75. The number of carbonyl (C=O) groups is 2. The molecule has 124 valence electrons. The first-order valence-electron chi connectivity index (χ1n) is 7.75. The molecule has 2 aliphatic rings. The van der Waals surface area contributed by atoms with Gasteiger partial charge in [0.15, 0.2) is 0 Å². The third-order valence-electron chi connectivity index (χ3n) is 4.90. The minimum Gasteiger partial charge on any atom is -0.376 e. The van der Waals surface area contributed by atoms with Gasteiger partial charge in [0.1, 0.15) is 12.1 Å². The summed E-state index contributed by atoms with van der Waals surface area (Å²) in [6.45, 7) is 0.978. The van der Waals surface area contributed by atoms with Crippen molar-refractivity contribution >= 4 is 11.8 Å². The number of ether oxygens (including phenoxy) is 2. The molecule has 1 aliphatic heterocycles. The van der Waals surface area contributed by atoms with Gasteiger partial charge in [-0.15, -0.1) is 0 Å². The topological polar surface area (TPSA) is 67.9 Å². The van der Waals surface area contributed by atoms with E-state index in [2.05, 4.69) is 5.32 Å². The molecule has 0 bridgehead atoms. The Morgan fingerprint density at radius 2 is 1.83 bits per heavy atom. The second kappa shape index (κ2) is 5.94. The fraction of sp³-hybridized carbons (Fsp3) is 0.529. The second-order valence-corrected chi connectivity index (χ2v) is 6.28. The number of carbonyl (C=O) groups excluding carboxylic acids is 2. The van der Waals surface area contributed by atoms with Crippen molar-refractivity contribution in [3.63, 3.8) is 0 Å². The molecule has 0 atom stereocenters. The summed E-state index contributed by atoms with van der Waals surface area (Å²) in [6.07, 6.45) is 1.79. The SMILES string of the molecule is COCC(=O)N1CC(NC(=O)c2ccccc2)(C2(OC)CC2)C1.